The summed E-state index contributed by atoms with van der Waals surface area (Å²) in [5.74, 6) is -0.0943. The topological polar surface area (TPSA) is 69.4 Å². The molecular weight excluding hydrogens is 331 g/mol. The number of benzene rings is 1. The smallest absolute Gasteiger partial charge is 0.319 e. The van der Waals surface area contributed by atoms with Crippen molar-refractivity contribution in [2.45, 2.75) is 24.1 Å². The molecule has 6 nitrogen and oxygen atoms in total. The summed E-state index contributed by atoms with van der Waals surface area (Å²) < 4.78 is 19.7. The third-order valence-electron chi connectivity index (χ3n) is 3.26. The normalized spacial score (nSPS) is 12.3. The molecule has 0 aliphatic carbocycles. The number of rotatable bonds is 5. The molecule has 2 aromatic heterocycles. The quantitative estimate of drug-likeness (QED) is 0.522. The van der Waals surface area contributed by atoms with Gasteiger partial charge in [-0.2, -0.15) is 9.61 Å². The molecule has 0 fully saturated rings. The zero-order chi connectivity index (χ0) is 17.1. The highest BCUT2D eigenvalue weighted by molar-refractivity contribution is 8.00. The maximum Gasteiger partial charge on any atom is 0.319 e. The molecule has 1 atom stereocenters. The van der Waals surface area contributed by atoms with Gasteiger partial charge in [-0.05, 0) is 50.2 Å². The summed E-state index contributed by atoms with van der Waals surface area (Å²) in [5, 5.41) is 12.9. The minimum Gasteiger partial charge on any atom is -0.465 e. The first kappa shape index (κ1) is 16.4. The second-order valence-electron chi connectivity index (χ2n) is 4.98. The van der Waals surface area contributed by atoms with Gasteiger partial charge in [0.1, 0.15) is 16.1 Å². The van der Waals surface area contributed by atoms with Gasteiger partial charge < -0.3 is 4.74 Å². The Morgan fingerprint density at radius 3 is 2.71 bits per heavy atom. The van der Waals surface area contributed by atoms with Gasteiger partial charge in [-0.1, -0.05) is 11.8 Å². The van der Waals surface area contributed by atoms with Crippen molar-refractivity contribution in [2.75, 3.05) is 6.61 Å². The Morgan fingerprint density at radius 2 is 2.00 bits per heavy atom. The zero-order valence-corrected chi connectivity index (χ0v) is 14.0. The van der Waals surface area contributed by atoms with Gasteiger partial charge >= 0.3 is 5.97 Å². The standard InChI is InChI=1S/C16H15FN4O2S/c1-3-23-16(22)10(2)24-14-9-8-13-18-19-15(21(13)20-14)11-4-6-12(17)7-5-11/h4-10H,3H2,1-2H3/t10-/m1/s1. The number of ether oxygens (including phenoxy) is 1. The van der Waals surface area contributed by atoms with Crippen molar-refractivity contribution in [2.24, 2.45) is 0 Å². The van der Waals surface area contributed by atoms with Crippen molar-refractivity contribution in [1.82, 2.24) is 19.8 Å². The molecule has 0 saturated carbocycles. The number of esters is 1. The Morgan fingerprint density at radius 1 is 1.25 bits per heavy atom. The largest absolute Gasteiger partial charge is 0.465 e. The number of nitrogens with zero attached hydrogens (tertiary/aromatic N) is 4. The van der Waals surface area contributed by atoms with E-state index in [0.29, 0.717) is 28.7 Å². The molecule has 0 unspecified atom stereocenters. The van der Waals surface area contributed by atoms with E-state index < -0.39 is 0 Å². The Labute approximate surface area is 142 Å². The number of thioether (sulfide) groups is 1. The number of hydrogen-bond donors (Lipinski definition) is 0. The molecule has 2 heterocycles. The van der Waals surface area contributed by atoms with E-state index in [0.717, 1.165) is 0 Å². The van der Waals surface area contributed by atoms with Crippen LogP contribution in [0.2, 0.25) is 0 Å². The molecule has 0 spiro atoms. The van der Waals surface area contributed by atoms with E-state index in [9.17, 15) is 9.18 Å². The lowest BCUT2D eigenvalue weighted by molar-refractivity contribution is -0.142. The van der Waals surface area contributed by atoms with Crippen molar-refractivity contribution in [3.8, 4) is 11.4 Å². The number of halogens is 1. The van der Waals surface area contributed by atoms with Crippen LogP contribution in [0.4, 0.5) is 4.39 Å². The molecule has 0 saturated heterocycles. The predicted molar refractivity (Wildman–Crippen MR) is 88.1 cm³/mol. The van der Waals surface area contributed by atoms with Gasteiger partial charge in [-0.3, -0.25) is 4.79 Å². The van der Waals surface area contributed by atoms with E-state index >= 15 is 0 Å². The predicted octanol–water partition coefficient (Wildman–Crippen LogP) is 2.97. The van der Waals surface area contributed by atoms with Crippen LogP contribution >= 0.6 is 11.8 Å². The minimum absolute atomic E-state index is 0.285. The van der Waals surface area contributed by atoms with Crippen LogP contribution in [0.5, 0.6) is 0 Å². The molecule has 124 valence electrons. The molecule has 8 heteroatoms. The Hall–Kier alpha value is -2.48. The summed E-state index contributed by atoms with van der Waals surface area (Å²) in [7, 11) is 0. The minimum atomic E-state index is -0.374. The second-order valence-corrected chi connectivity index (χ2v) is 6.35. The average Bonchev–Trinajstić information content (AvgIpc) is 2.99. The van der Waals surface area contributed by atoms with Crippen LogP contribution in [-0.4, -0.2) is 37.6 Å². The van der Waals surface area contributed by atoms with Crippen LogP contribution in [0.25, 0.3) is 17.0 Å². The first-order chi connectivity index (χ1) is 11.6. The van der Waals surface area contributed by atoms with Crippen LogP contribution in [0.1, 0.15) is 13.8 Å². The average molecular weight is 346 g/mol. The van der Waals surface area contributed by atoms with E-state index in [-0.39, 0.29) is 17.0 Å². The van der Waals surface area contributed by atoms with Crippen LogP contribution in [0.15, 0.2) is 41.4 Å². The highest BCUT2D eigenvalue weighted by atomic mass is 32.2. The van der Waals surface area contributed by atoms with Crippen LogP contribution in [-0.2, 0) is 9.53 Å². The summed E-state index contributed by atoms with van der Waals surface area (Å²) in [5.41, 5.74) is 1.28. The molecule has 0 radical (unpaired) electrons. The van der Waals surface area contributed by atoms with E-state index in [1.165, 1.54) is 23.9 Å². The molecule has 1 aromatic carbocycles. The molecule has 0 aliphatic heterocycles. The van der Waals surface area contributed by atoms with E-state index in [2.05, 4.69) is 15.3 Å². The third-order valence-corrected chi connectivity index (χ3v) is 4.26. The maximum atomic E-state index is 13.1. The summed E-state index contributed by atoms with van der Waals surface area (Å²) in [6.07, 6.45) is 0. The van der Waals surface area contributed by atoms with E-state index in [1.807, 2.05) is 0 Å². The van der Waals surface area contributed by atoms with Gasteiger partial charge in [0, 0.05) is 5.56 Å². The maximum absolute atomic E-state index is 13.1. The molecule has 24 heavy (non-hydrogen) atoms. The van der Waals surface area contributed by atoms with Gasteiger partial charge in [0.15, 0.2) is 11.5 Å². The van der Waals surface area contributed by atoms with E-state index in [1.54, 1.807) is 42.6 Å². The fourth-order valence-corrected chi connectivity index (χ4v) is 2.90. The van der Waals surface area contributed by atoms with Crippen molar-refractivity contribution in [1.29, 1.82) is 0 Å². The summed E-state index contributed by atoms with van der Waals surface area (Å²) in [4.78, 5) is 11.7. The molecule has 0 N–H and O–H groups in total. The fourth-order valence-electron chi connectivity index (χ4n) is 2.10. The SMILES string of the molecule is CCOC(=O)[C@@H](C)Sc1ccc2nnc(-c3ccc(F)cc3)n2n1. The number of carbonyl (C=O) groups is 1. The van der Waals surface area contributed by atoms with Gasteiger partial charge in [-0.15, -0.1) is 10.2 Å². The Bertz CT molecular complexity index is 866. The molecule has 0 amide bonds. The molecule has 0 aliphatic rings. The highest BCUT2D eigenvalue weighted by Crippen LogP contribution is 2.24. The van der Waals surface area contributed by atoms with Crippen LogP contribution in [0, 0.1) is 5.82 Å². The number of hydrogen-bond acceptors (Lipinski definition) is 6. The summed E-state index contributed by atoms with van der Waals surface area (Å²) >= 11 is 1.29. The van der Waals surface area contributed by atoms with Crippen molar-refractivity contribution >= 4 is 23.4 Å². The van der Waals surface area contributed by atoms with Crippen molar-refractivity contribution in [3.05, 3.63) is 42.2 Å². The lowest BCUT2D eigenvalue weighted by Crippen LogP contribution is -2.17. The summed E-state index contributed by atoms with van der Waals surface area (Å²) in [6.45, 7) is 3.88. The highest BCUT2D eigenvalue weighted by Gasteiger charge is 2.17. The fraction of sp³-hybridized carbons (Fsp3) is 0.250. The molecule has 0 bridgehead atoms. The Kier molecular flexibility index (Phi) is 4.75. The van der Waals surface area contributed by atoms with Crippen LogP contribution in [0.3, 0.4) is 0 Å². The second kappa shape index (κ2) is 6.96. The monoisotopic (exact) mass is 346 g/mol. The van der Waals surface area contributed by atoms with Gasteiger partial charge in [-0.25, -0.2) is 4.39 Å². The van der Waals surface area contributed by atoms with Gasteiger partial charge in [0.05, 0.1) is 6.61 Å². The van der Waals surface area contributed by atoms with Crippen molar-refractivity contribution in [3.63, 3.8) is 0 Å². The number of carbonyl (C=O) groups excluding carboxylic acids is 1. The molecule has 3 aromatic rings. The third kappa shape index (κ3) is 3.38. The molecular formula is C16H15FN4O2S. The number of fused-ring (bicyclic) bond motifs is 1. The lowest BCUT2D eigenvalue weighted by Gasteiger charge is -2.09. The molecule has 3 rings (SSSR count). The lowest BCUT2D eigenvalue weighted by atomic mass is 10.2. The zero-order valence-electron chi connectivity index (χ0n) is 13.1. The first-order valence-electron chi connectivity index (χ1n) is 7.40. The first-order valence-corrected chi connectivity index (χ1v) is 8.28. The van der Waals surface area contributed by atoms with E-state index in [4.69, 9.17) is 4.74 Å². The summed E-state index contributed by atoms with van der Waals surface area (Å²) in [6, 6.07) is 9.50. The van der Waals surface area contributed by atoms with Crippen LogP contribution < -0.4 is 0 Å². The van der Waals surface area contributed by atoms with Gasteiger partial charge in [0.2, 0.25) is 0 Å². The Balaban J connectivity index is 1.91. The van der Waals surface area contributed by atoms with Gasteiger partial charge in [0.25, 0.3) is 0 Å². The number of aromatic nitrogens is 4. The van der Waals surface area contributed by atoms with Crippen molar-refractivity contribution < 1.29 is 13.9 Å².